The Kier molecular flexibility index (Phi) is 5.51. The van der Waals surface area contributed by atoms with E-state index < -0.39 is 0 Å². The highest BCUT2D eigenvalue weighted by molar-refractivity contribution is 9.10. The van der Waals surface area contributed by atoms with Gasteiger partial charge in [-0.2, -0.15) is 0 Å². The summed E-state index contributed by atoms with van der Waals surface area (Å²) < 4.78 is 20.3. The van der Waals surface area contributed by atoms with Gasteiger partial charge in [-0.1, -0.05) is 6.92 Å². The maximum absolute atomic E-state index is 13.1. The molecule has 3 nitrogen and oxygen atoms in total. The van der Waals surface area contributed by atoms with E-state index in [4.69, 9.17) is 4.74 Å². The van der Waals surface area contributed by atoms with E-state index in [2.05, 4.69) is 42.2 Å². The molecule has 0 saturated carbocycles. The van der Waals surface area contributed by atoms with Crippen molar-refractivity contribution in [1.29, 1.82) is 0 Å². The molecular formula is C14H13Br2FN2O. The summed E-state index contributed by atoms with van der Waals surface area (Å²) >= 11 is 6.67. The third-order valence-electron chi connectivity index (χ3n) is 2.56. The summed E-state index contributed by atoms with van der Waals surface area (Å²) in [6.07, 6.45) is 1.67. The van der Waals surface area contributed by atoms with Crippen molar-refractivity contribution in [2.75, 3.05) is 6.54 Å². The van der Waals surface area contributed by atoms with Crippen LogP contribution in [0.15, 0.2) is 39.4 Å². The Morgan fingerprint density at radius 2 is 2.10 bits per heavy atom. The van der Waals surface area contributed by atoms with E-state index in [1.165, 1.54) is 12.1 Å². The molecule has 0 saturated heterocycles. The van der Waals surface area contributed by atoms with Crippen LogP contribution in [0.3, 0.4) is 0 Å². The van der Waals surface area contributed by atoms with E-state index in [1.54, 1.807) is 12.3 Å². The quantitative estimate of drug-likeness (QED) is 0.789. The number of nitrogens with zero attached hydrogens (tertiary/aromatic N) is 1. The SMILES string of the molecule is CCNCc1cc(Br)cnc1Oc1ccc(F)cc1Br. The number of ether oxygens (including phenoxy) is 1. The summed E-state index contributed by atoms with van der Waals surface area (Å²) in [4.78, 5) is 4.27. The molecular weight excluding hydrogens is 391 g/mol. The highest BCUT2D eigenvalue weighted by atomic mass is 79.9. The van der Waals surface area contributed by atoms with Crippen LogP contribution in [-0.2, 0) is 6.54 Å². The van der Waals surface area contributed by atoms with Gasteiger partial charge in [0.1, 0.15) is 11.6 Å². The number of nitrogens with one attached hydrogen (secondary N) is 1. The third-order valence-corrected chi connectivity index (χ3v) is 3.61. The molecule has 0 bridgehead atoms. The van der Waals surface area contributed by atoms with E-state index >= 15 is 0 Å². The van der Waals surface area contributed by atoms with E-state index in [0.29, 0.717) is 22.6 Å². The second kappa shape index (κ2) is 7.15. The van der Waals surface area contributed by atoms with Crippen molar-refractivity contribution in [3.63, 3.8) is 0 Å². The number of pyridine rings is 1. The van der Waals surface area contributed by atoms with Crippen LogP contribution >= 0.6 is 31.9 Å². The lowest BCUT2D eigenvalue weighted by atomic mass is 10.2. The molecule has 0 amide bonds. The highest BCUT2D eigenvalue weighted by Crippen LogP contribution is 2.31. The first kappa shape index (κ1) is 15.4. The van der Waals surface area contributed by atoms with Gasteiger partial charge in [0.25, 0.3) is 0 Å². The molecule has 2 rings (SSSR count). The smallest absolute Gasteiger partial charge is 0.223 e. The lowest BCUT2D eigenvalue weighted by Gasteiger charge is -2.12. The monoisotopic (exact) mass is 402 g/mol. The topological polar surface area (TPSA) is 34.2 Å². The number of halogens is 3. The molecule has 106 valence electrons. The van der Waals surface area contributed by atoms with Gasteiger partial charge < -0.3 is 10.1 Å². The van der Waals surface area contributed by atoms with Gasteiger partial charge in [-0.15, -0.1) is 0 Å². The van der Waals surface area contributed by atoms with Crippen molar-refractivity contribution in [1.82, 2.24) is 10.3 Å². The van der Waals surface area contributed by atoms with Gasteiger partial charge in [-0.3, -0.25) is 0 Å². The molecule has 2 aromatic rings. The average Bonchev–Trinajstić information content (AvgIpc) is 2.41. The second-order valence-electron chi connectivity index (χ2n) is 4.07. The standard InChI is InChI=1S/C14H13Br2FN2O/c1-2-18-7-9-5-10(15)8-19-14(9)20-13-4-3-11(17)6-12(13)16/h3-6,8,18H,2,7H2,1H3. The molecule has 0 spiro atoms. The predicted molar refractivity (Wildman–Crippen MR) is 83.5 cm³/mol. The minimum atomic E-state index is -0.319. The maximum atomic E-state index is 13.1. The van der Waals surface area contributed by atoms with Gasteiger partial charge in [0.2, 0.25) is 5.88 Å². The van der Waals surface area contributed by atoms with Gasteiger partial charge in [0, 0.05) is 22.8 Å². The maximum Gasteiger partial charge on any atom is 0.223 e. The lowest BCUT2D eigenvalue weighted by Crippen LogP contribution is -2.13. The van der Waals surface area contributed by atoms with Crippen molar-refractivity contribution in [2.45, 2.75) is 13.5 Å². The van der Waals surface area contributed by atoms with Gasteiger partial charge in [-0.05, 0) is 62.7 Å². The van der Waals surface area contributed by atoms with E-state index in [0.717, 1.165) is 16.6 Å². The van der Waals surface area contributed by atoms with Crippen molar-refractivity contribution < 1.29 is 9.13 Å². The Hall–Kier alpha value is -0.980. The molecule has 1 aromatic heterocycles. The first-order chi connectivity index (χ1) is 9.60. The molecule has 0 radical (unpaired) electrons. The van der Waals surface area contributed by atoms with E-state index in [9.17, 15) is 4.39 Å². The summed E-state index contributed by atoms with van der Waals surface area (Å²) in [7, 11) is 0. The summed E-state index contributed by atoms with van der Waals surface area (Å²) in [6.45, 7) is 3.53. The van der Waals surface area contributed by atoms with Crippen LogP contribution in [0.1, 0.15) is 12.5 Å². The normalized spacial score (nSPS) is 10.6. The van der Waals surface area contributed by atoms with Gasteiger partial charge in [0.05, 0.1) is 4.47 Å². The average molecular weight is 404 g/mol. The van der Waals surface area contributed by atoms with Crippen LogP contribution in [0.5, 0.6) is 11.6 Å². The fourth-order valence-corrected chi connectivity index (χ4v) is 2.42. The summed E-state index contributed by atoms with van der Waals surface area (Å²) in [5.74, 6) is 0.710. The molecule has 1 N–H and O–H groups in total. The number of benzene rings is 1. The van der Waals surface area contributed by atoms with Crippen molar-refractivity contribution in [3.8, 4) is 11.6 Å². The van der Waals surface area contributed by atoms with Crippen LogP contribution in [-0.4, -0.2) is 11.5 Å². The number of aromatic nitrogens is 1. The molecule has 0 atom stereocenters. The first-order valence-corrected chi connectivity index (χ1v) is 7.66. The van der Waals surface area contributed by atoms with E-state index in [-0.39, 0.29) is 5.82 Å². The first-order valence-electron chi connectivity index (χ1n) is 6.08. The lowest BCUT2D eigenvalue weighted by molar-refractivity contribution is 0.449. The van der Waals surface area contributed by atoms with Crippen LogP contribution in [0, 0.1) is 5.82 Å². The van der Waals surface area contributed by atoms with Gasteiger partial charge in [-0.25, -0.2) is 9.37 Å². The Labute approximate surface area is 133 Å². The summed E-state index contributed by atoms with van der Waals surface area (Å²) in [5.41, 5.74) is 0.928. The number of hydrogen-bond donors (Lipinski definition) is 1. The highest BCUT2D eigenvalue weighted by Gasteiger charge is 2.10. The van der Waals surface area contributed by atoms with Crippen LogP contribution in [0.4, 0.5) is 4.39 Å². The van der Waals surface area contributed by atoms with Crippen LogP contribution in [0.25, 0.3) is 0 Å². The zero-order valence-corrected chi connectivity index (χ0v) is 14.0. The Balaban J connectivity index is 2.27. The minimum Gasteiger partial charge on any atom is -0.438 e. The molecule has 6 heteroatoms. The predicted octanol–water partition coefficient (Wildman–Crippen LogP) is 4.65. The van der Waals surface area contributed by atoms with Crippen molar-refractivity contribution in [2.24, 2.45) is 0 Å². The molecule has 0 aliphatic heterocycles. The Morgan fingerprint density at radius 1 is 1.30 bits per heavy atom. The van der Waals surface area contributed by atoms with Crippen molar-refractivity contribution in [3.05, 3.63) is 50.8 Å². The molecule has 20 heavy (non-hydrogen) atoms. The molecule has 0 unspecified atom stereocenters. The zero-order valence-electron chi connectivity index (χ0n) is 10.8. The second-order valence-corrected chi connectivity index (χ2v) is 5.84. The molecule has 0 aliphatic carbocycles. The molecule has 0 aliphatic rings. The molecule has 0 fully saturated rings. The Morgan fingerprint density at radius 3 is 2.80 bits per heavy atom. The fraction of sp³-hybridized carbons (Fsp3) is 0.214. The Bertz CT molecular complexity index is 608. The van der Waals surface area contributed by atoms with Crippen LogP contribution < -0.4 is 10.1 Å². The summed E-state index contributed by atoms with van der Waals surface area (Å²) in [5, 5.41) is 3.23. The third kappa shape index (κ3) is 4.01. The number of rotatable bonds is 5. The largest absolute Gasteiger partial charge is 0.438 e. The minimum absolute atomic E-state index is 0.319. The van der Waals surface area contributed by atoms with E-state index in [1.807, 2.05) is 13.0 Å². The fourth-order valence-electron chi connectivity index (χ4n) is 1.61. The molecule has 1 aromatic carbocycles. The number of hydrogen-bond acceptors (Lipinski definition) is 3. The van der Waals surface area contributed by atoms with Gasteiger partial charge >= 0.3 is 0 Å². The van der Waals surface area contributed by atoms with Gasteiger partial charge in [0.15, 0.2) is 0 Å². The van der Waals surface area contributed by atoms with Crippen molar-refractivity contribution >= 4 is 31.9 Å². The van der Waals surface area contributed by atoms with Crippen LogP contribution in [0.2, 0.25) is 0 Å². The zero-order chi connectivity index (χ0) is 14.5. The summed E-state index contributed by atoms with van der Waals surface area (Å²) in [6, 6.07) is 6.23. The molecule has 1 heterocycles.